The number of rotatable bonds is 4. The quantitative estimate of drug-likeness (QED) is 0.798. The second-order valence-electron chi connectivity index (χ2n) is 4.87. The Morgan fingerprint density at radius 3 is 2.65 bits per heavy atom. The summed E-state index contributed by atoms with van der Waals surface area (Å²) < 4.78 is 7.00. The number of halogens is 1. The third kappa shape index (κ3) is 3.52. The van der Waals surface area contributed by atoms with E-state index in [0.717, 1.165) is 0 Å². The van der Waals surface area contributed by atoms with Crippen LogP contribution in [0.25, 0.3) is 0 Å². The normalized spacial score (nSPS) is 10.5. The lowest BCUT2D eigenvalue weighted by Gasteiger charge is -2.05. The van der Waals surface area contributed by atoms with Crippen molar-refractivity contribution in [3.05, 3.63) is 87.7 Å². The molecule has 1 N–H and O–H groups in total. The molecule has 0 aliphatic carbocycles. The van der Waals surface area contributed by atoms with Gasteiger partial charge in [0, 0.05) is 12.3 Å². The number of anilines is 1. The van der Waals surface area contributed by atoms with E-state index in [1.807, 2.05) is 0 Å². The number of carbonyl (C=O) groups is 1. The Balaban J connectivity index is 1.74. The number of carbonyl (C=O) groups excluding carboxylic acids is 1. The van der Waals surface area contributed by atoms with Crippen molar-refractivity contribution in [2.75, 3.05) is 5.32 Å². The number of hydrogen-bond acceptors (Lipinski definition) is 3. The molecule has 0 saturated heterocycles. The lowest BCUT2D eigenvalue weighted by atomic mass is 10.3. The van der Waals surface area contributed by atoms with Gasteiger partial charge in [-0.15, -0.1) is 0 Å². The van der Waals surface area contributed by atoms with E-state index in [9.17, 15) is 9.59 Å². The predicted octanol–water partition coefficient (Wildman–Crippen LogP) is 3.40. The van der Waals surface area contributed by atoms with Crippen LogP contribution in [0.1, 0.15) is 16.3 Å². The minimum absolute atomic E-state index is 0.133. The van der Waals surface area contributed by atoms with Gasteiger partial charge in [0.25, 0.3) is 11.5 Å². The van der Waals surface area contributed by atoms with E-state index in [-0.39, 0.29) is 17.9 Å². The summed E-state index contributed by atoms with van der Waals surface area (Å²) >= 11 is 6.00. The molecule has 0 aliphatic heterocycles. The molecule has 6 heteroatoms. The SMILES string of the molecule is O=C(Nc1ccccc1Cl)c1ccc(Cn2ccccc2=O)o1. The van der Waals surface area contributed by atoms with E-state index >= 15 is 0 Å². The van der Waals surface area contributed by atoms with Crippen molar-refractivity contribution in [3.63, 3.8) is 0 Å². The molecule has 2 heterocycles. The highest BCUT2D eigenvalue weighted by Gasteiger charge is 2.13. The zero-order valence-corrected chi connectivity index (χ0v) is 12.8. The Bertz CT molecular complexity index is 898. The summed E-state index contributed by atoms with van der Waals surface area (Å²) in [5.74, 6) is 0.274. The Hall–Kier alpha value is -2.79. The zero-order chi connectivity index (χ0) is 16.2. The number of aromatic nitrogens is 1. The molecule has 0 unspecified atom stereocenters. The molecular weight excluding hydrogens is 316 g/mol. The van der Waals surface area contributed by atoms with Crippen LogP contribution in [-0.4, -0.2) is 10.5 Å². The third-order valence-corrected chi connectivity index (χ3v) is 3.56. The van der Waals surface area contributed by atoms with Gasteiger partial charge >= 0.3 is 0 Å². The lowest BCUT2D eigenvalue weighted by Crippen LogP contribution is -2.18. The van der Waals surface area contributed by atoms with Crippen LogP contribution >= 0.6 is 11.6 Å². The van der Waals surface area contributed by atoms with Crippen molar-refractivity contribution in [1.82, 2.24) is 4.57 Å². The standard InChI is InChI=1S/C17H13ClN2O3/c18-13-5-1-2-6-14(13)19-17(22)15-9-8-12(23-15)11-20-10-4-3-7-16(20)21/h1-10H,11H2,(H,19,22). The lowest BCUT2D eigenvalue weighted by molar-refractivity contribution is 0.0994. The summed E-state index contributed by atoms with van der Waals surface area (Å²) in [5.41, 5.74) is 0.377. The van der Waals surface area contributed by atoms with Crippen molar-refractivity contribution < 1.29 is 9.21 Å². The fourth-order valence-electron chi connectivity index (χ4n) is 2.09. The summed E-state index contributed by atoms with van der Waals surface area (Å²) in [6.45, 7) is 0.263. The van der Waals surface area contributed by atoms with E-state index in [2.05, 4.69) is 5.32 Å². The first kappa shape index (κ1) is 15.1. The van der Waals surface area contributed by atoms with E-state index in [1.165, 1.54) is 10.6 Å². The number of benzene rings is 1. The monoisotopic (exact) mass is 328 g/mol. The number of pyridine rings is 1. The second kappa shape index (κ2) is 6.54. The first-order valence-electron chi connectivity index (χ1n) is 6.93. The van der Waals surface area contributed by atoms with E-state index in [1.54, 1.807) is 54.7 Å². The second-order valence-corrected chi connectivity index (χ2v) is 5.27. The average molecular weight is 329 g/mol. The van der Waals surface area contributed by atoms with Gasteiger partial charge in [-0.1, -0.05) is 29.8 Å². The predicted molar refractivity (Wildman–Crippen MR) is 87.9 cm³/mol. The first-order valence-corrected chi connectivity index (χ1v) is 7.31. The van der Waals surface area contributed by atoms with Crippen molar-refractivity contribution in [2.45, 2.75) is 6.54 Å². The largest absolute Gasteiger partial charge is 0.454 e. The van der Waals surface area contributed by atoms with E-state index in [4.69, 9.17) is 16.0 Å². The number of furan rings is 1. The fourth-order valence-corrected chi connectivity index (χ4v) is 2.27. The Labute approximate surface area is 137 Å². The molecule has 0 saturated carbocycles. The molecule has 23 heavy (non-hydrogen) atoms. The van der Waals surface area contributed by atoms with Crippen LogP contribution in [-0.2, 0) is 6.54 Å². The topological polar surface area (TPSA) is 64.2 Å². The maximum atomic E-state index is 12.2. The molecule has 1 amide bonds. The van der Waals surface area contributed by atoms with Crippen LogP contribution in [0.2, 0.25) is 5.02 Å². The molecule has 0 aliphatic rings. The highest BCUT2D eigenvalue weighted by molar-refractivity contribution is 6.33. The molecule has 5 nitrogen and oxygen atoms in total. The van der Waals surface area contributed by atoms with Gasteiger partial charge < -0.3 is 14.3 Å². The molecule has 0 atom stereocenters. The van der Waals surface area contributed by atoms with Crippen molar-refractivity contribution >= 4 is 23.2 Å². The molecule has 3 rings (SSSR count). The highest BCUT2D eigenvalue weighted by Crippen LogP contribution is 2.21. The Kier molecular flexibility index (Phi) is 4.30. The third-order valence-electron chi connectivity index (χ3n) is 3.23. The van der Waals surface area contributed by atoms with Gasteiger partial charge in [0.1, 0.15) is 5.76 Å². The van der Waals surface area contributed by atoms with Gasteiger partial charge in [-0.2, -0.15) is 0 Å². The van der Waals surface area contributed by atoms with Gasteiger partial charge in [-0.25, -0.2) is 0 Å². The number of para-hydroxylation sites is 1. The van der Waals surface area contributed by atoms with Gasteiger partial charge in [0.2, 0.25) is 0 Å². The van der Waals surface area contributed by atoms with Crippen LogP contribution in [0.15, 0.2) is 70.0 Å². The van der Waals surface area contributed by atoms with Gasteiger partial charge in [-0.05, 0) is 30.3 Å². The van der Waals surface area contributed by atoms with Gasteiger partial charge in [0.15, 0.2) is 5.76 Å². The minimum atomic E-state index is -0.398. The molecule has 0 radical (unpaired) electrons. The van der Waals surface area contributed by atoms with Crippen LogP contribution in [0, 0.1) is 0 Å². The summed E-state index contributed by atoms with van der Waals surface area (Å²) in [4.78, 5) is 23.8. The summed E-state index contributed by atoms with van der Waals surface area (Å²) in [5, 5.41) is 3.13. The zero-order valence-electron chi connectivity index (χ0n) is 12.0. The van der Waals surface area contributed by atoms with Crippen molar-refractivity contribution in [2.24, 2.45) is 0 Å². The van der Waals surface area contributed by atoms with Crippen LogP contribution in [0.4, 0.5) is 5.69 Å². The van der Waals surface area contributed by atoms with Crippen molar-refractivity contribution in [3.8, 4) is 0 Å². The summed E-state index contributed by atoms with van der Waals surface area (Å²) in [7, 11) is 0. The summed E-state index contributed by atoms with van der Waals surface area (Å²) in [6.07, 6.45) is 1.66. The number of nitrogens with zero attached hydrogens (tertiary/aromatic N) is 1. The molecule has 116 valence electrons. The Morgan fingerprint density at radius 1 is 1.09 bits per heavy atom. The van der Waals surface area contributed by atoms with Gasteiger partial charge in [0.05, 0.1) is 17.3 Å². The van der Waals surface area contributed by atoms with Crippen LogP contribution in [0.3, 0.4) is 0 Å². The van der Waals surface area contributed by atoms with E-state index in [0.29, 0.717) is 16.5 Å². The number of hydrogen-bond donors (Lipinski definition) is 1. The molecule has 1 aromatic carbocycles. The molecule has 0 fully saturated rings. The molecule has 0 bridgehead atoms. The number of nitrogens with one attached hydrogen (secondary N) is 1. The first-order chi connectivity index (χ1) is 11.1. The molecule has 3 aromatic rings. The summed E-state index contributed by atoms with van der Waals surface area (Å²) in [6, 6.07) is 15.1. The van der Waals surface area contributed by atoms with Crippen molar-refractivity contribution in [1.29, 1.82) is 0 Å². The maximum Gasteiger partial charge on any atom is 0.291 e. The van der Waals surface area contributed by atoms with Crippen LogP contribution < -0.4 is 10.9 Å². The Morgan fingerprint density at radius 2 is 1.87 bits per heavy atom. The minimum Gasteiger partial charge on any atom is -0.454 e. The fraction of sp³-hybridized carbons (Fsp3) is 0.0588. The highest BCUT2D eigenvalue weighted by atomic mass is 35.5. The van der Waals surface area contributed by atoms with Crippen LogP contribution in [0.5, 0.6) is 0 Å². The molecule has 0 spiro atoms. The average Bonchev–Trinajstić information content (AvgIpc) is 3.01. The smallest absolute Gasteiger partial charge is 0.291 e. The number of amides is 1. The van der Waals surface area contributed by atoms with E-state index < -0.39 is 5.91 Å². The maximum absolute atomic E-state index is 12.2. The van der Waals surface area contributed by atoms with Gasteiger partial charge in [-0.3, -0.25) is 9.59 Å². The molecular formula is C17H13ClN2O3. The molecule has 2 aromatic heterocycles.